The molecule has 2 N–H and O–H groups in total. The summed E-state index contributed by atoms with van der Waals surface area (Å²) in [6.45, 7) is 4.05. The van der Waals surface area contributed by atoms with Crippen molar-refractivity contribution in [2.45, 2.75) is 57.5 Å². The maximum atomic E-state index is 13.1. The number of fused-ring (bicyclic) bond motifs is 1. The molecule has 12 heteroatoms. The van der Waals surface area contributed by atoms with E-state index in [4.69, 9.17) is 4.42 Å². The number of carboxylic acids is 1. The highest BCUT2D eigenvalue weighted by Gasteiger charge is 2.46. The predicted molar refractivity (Wildman–Crippen MR) is 139 cm³/mol. The number of imidazole rings is 1. The second-order valence-electron chi connectivity index (χ2n) is 9.47. The van der Waals surface area contributed by atoms with Crippen molar-refractivity contribution in [3.8, 4) is 11.3 Å². The van der Waals surface area contributed by atoms with Crippen LogP contribution >= 0.6 is 0 Å². The molecule has 0 aliphatic heterocycles. The molecule has 1 fully saturated rings. The van der Waals surface area contributed by atoms with Crippen LogP contribution in [0, 0.1) is 0 Å². The summed E-state index contributed by atoms with van der Waals surface area (Å²) in [5.74, 6) is 0.0825. The highest BCUT2D eigenvalue weighted by atomic mass is 32.2. The summed E-state index contributed by atoms with van der Waals surface area (Å²) in [5, 5.41) is 10.7. The van der Waals surface area contributed by atoms with E-state index in [0.717, 1.165) is 18.4 Å². The largest absolute Gasteiger partial charge is 0.516 e. The summed E-state index contributed by atoms with van der Waals surface area (Å²) in [7, 11) is -5.64. The number of anilines is 1. The van der Waals surface area contributed by atoms with Crippen molar-refractivity contribution < 1.29 is 35.9 Å². The molecule has 2 heterocycles. The van der Waals surface area contributed by atoms with Gasteiger partial charge in [-0.25, -0.2) is 9.78 Å². The van der Waals surface area contributed by atoms with Gasteiger partial charge in [0.25, 0.3) is 0 Å². The van der Waals surface area contributed by atoms with E-state index in [1.165, 1.54) is 18.2 Å². The van der Waals surface area contributed by atoms with Crippen LogP contribution < -0.4 is 4.72 Å². The molecule has 0 amide bonds. The average molecular weight is 562 g/mol. The molecule has 39 heavy (non-hydrogen) atoms. The van der Waals surface area contributed by atoms with Crippen molar-refractivity contribution >= 4 is 32.6 Å². The number of aromatic carboxylic acids is 1. The van der Waals surface area contributed by atoms with Crippen LogP contribution in [0.15, 0.2) is 46.9 Å². The number of furan rings is 1. The van der Waals surface area contributed by atoms with Gasteiger partial charge in [0.05, 0.1) is 11.4 Å². The van der Waals surface area contributed by atoms with Crippen molar-refractivity contribution in [2.24, 2.45) is 0 Å². The zero-order valence-electron chi connectivity index (χ0n) is 21.2. The monoisotopic (exact) mass is 561 g/mol. The number of aryl methyl sites for hydroxylation is 2. The average Bonchev–Trinajstić information content (AvgIpc) is 3.56. The molecule has 0 spiro atoms. The minimum absolute atomic E-state index is 0.170. The second-order valence-corrected chi connectivity index (χ2v) is 11.1. The van der Waals surface area contributed by atoms with Crippen molar-refractivity contribution in [3.05, 3.63) is 70.8 Å². The topological polar surface area (TPSA) is 114 Å². The summed E-state index contributed by atoms with van der Waals surface area (Å²) in [6.07, 6.45) is 2.86. The minimum atomic E-state index is -5.64. The van der Waals surface area contributed by atoms with Crippen molar-refractivity contribution in [1.29, 1.82) is 0 Å². The van der Waals surface area contributed by atoms with Gasteiger partial charge in [-0.05, 0) is 49.1 Å². The lowest BCUT2D eigenvalue weighted by atomic mass is 10.0. The molecule has 2 aromatic carbocycles. The highest BCUT2D eigenvalue weighted by molar-refractivity contribution is 7.93. The van der Waals surface area contributed by atoms with E-state index in [9.17, 15) is 31.5 Å². The van der Waals surface area contributed by atoms with E-state index < -0.39 is 21.5 Å². The van der Waals surface area contributed by atoms with Crippen molar-refractivity contribution in [3.63, 3.8) is 0 Å². The molecule has 4 aromatic rings. The Hall–Kier alpha value is -3.80. The number of aromatic nitrogens is 2. The normalized spacial score (nSPS) is 14.2. The fourth-order valence-corrected chi connectivity index (χ4v) is 5.43. The molecule has 0 radical (unpaired) electrons. The minimum Gasteiger partial charge on any atom is -0.477 e. The Morgan fingerprint density at radius 1 is 1.15 bits per heavy atom. The summed E-state index contributed by atoms with van der Waals surface area (Å²) < 4.78 is 72.2. The number of nitrogens with one attached hydrogen (secondary N) is 1. The van der Waals surface area contributed by atoms with Crippen LogP contribution in [-0.4, -0.2) is 34.6 Å². The van der Waals surface area contributed by atoms with E-state index in [0.29, 0.717) is 40.9 Å². The first-order valence-corrected chi connectivity index (χ1v) is 14.0. The number of nitrogens with zero attached hydrogens (tertiary/aromatic N) is 2. The number of halogens is 3. The van der Waals surface area contributed by atoms with Crippen LogP contribution in [-0.2, 0) is 29.4 Å². The lowest BCUT2D eigenvalue weighted by Crippen LogP contribution is -2.30. The first-order chi connectivity index (χ1) is 18.4. The molecule has 0 bridgehead atoms. The van der Waals surface area contributed by atoms with Crippen LogP contribution in [0.4, 0.5) is 18.9 Å². The van der Waals surface area contributed by atoms with Crippen LogP contribution in [0.2, 0.25) is 0 Å². The van der Waals surface area contributed by atoms with Crippen LogP contribution in [0.3, 0.4) is 0 Å². The molecule has 1 aliphatic carbocycles. The third-order valence-electron chi connectivity index (χ3n) is 6.83. The van der Waals surface area contributed by atoms with Gasteiger partial charge in [0.1, 0.15) is 17.2 Å². The lowest BCUT2D eigenvalue weighted by Gasteiger charge is -2.13. The number of carboxylic acid groups (broad SMARTS) is 1. The first-order valence-electron chi connectivity index (χ1n) is 12.5. The fraction of sp³-hybridized carbons (Fsp3) is 0.333. The van der Waals surface area contributed by atoms with Gasteiger partial charge in [-0.3, -0.25) is 4.72 Å². The van der Waals surface area contributed by atoms with Gasteiger partial charge in [0.2, 0.25) is 0 Å². The summed E-state index contributed by atoms with van der Waals surface area (Å²) in [5.41, 5.74) is -2.79. The molecule has 5 rings (SSSR count). The van der Waals surface area contributed by atoms with Gasteiger partial charge >= 0.3 is 21.5 Å². The van der Waals surface area contributed by atoms with Gasteiger partial charge in [0.15, 0.2) is 5.69 Å². The van der Waals surface area contributed by atoms with Gasteiger partial charge < -0.3 is 14.1 Å². The third kappa shape index (κ3) is 4.88. The van der Waals surface area contributed by atoms with Gasteiger partial charge in [-0.15, -0.1) is 0 Å². The molecule has 206 valence electrons. The second kappa shape index (κ2) is 9.74. The molecule has 0 unspecified atom stereocenters. The summed E-state index contributed by atoms with van der Waals surface area (Å²) >= 11 is 0. The summed E-state index contributed by atoms with van der Waals surface area (Å²) in [4.78, 5) is 16.8. The van der Waals surface area contributed by atoms with Gasteiger partial charge in [-0.2, -0.15) is 21.6 Å². The Bertz CT molecular complexity index is 1680. The molecule has 0 atom stereocenters. The molecular weight excluding hydrogens is 535 g/mol. The zero-order chi connectivity index (χ0) is 28.1. The number of benzene rings is 2. The van der Waals surface area contributed by atoms with Crippen LogP contribution in [0.5, 0.6) is 0 Å². The highest BCUT2D eigenvalue weighted by Crippen LogP contribution is 2.42. The molecule has 2 aromatic heterocycles. The lowest BCUT2D eigenvalue weighted by molar-refractivity contribution is -0.0429. The standard InChI is InChI=1S/C27H26F3N3O5S/c1-3-17-19-13-15(14-33-22(4-2)31-23(16-10-11-16)24(33)26(34)35)9-12-21(19)38-25(17)18-7-5-6-8-20(18)32-39(36,37)27(28,29)30/h5-9,12-13,16,32H,3-4,10-11,14H2,1-2H3,(H,34,35). The number of hydrogen-bond donors (Lipinski definition) is 2. The number of alkyl halides is 3. The first kappa shape index (κ1) is 26.8. The number of sulfonamides is 1. The fourth-order valence-electron chi connectivity index (χ4n) is 4.84. The number of carbonyl (C=O) groups is 1. The van der Waals surface area contributed by atoms with E-state index in [2.05, 4.69) is 4.98 Å². The predicted octanol–water partition coefficient (Wildman–Crippen LogP) is 6.31. The van der Waals surface area contributed by atoms with E-state index in [1.807, 2.05) is 19.9 Å². The Labute approximate surface area is 222 Å². The van der Waals surface area contributed by atoms with E-state index in [1.54, 1.807) is 27.5 Å². The molecule has 8 nitrogen and oxygen atoms in total. The number of rotatable bonds is 9. The number of hydrogen-bond acceptors (Lipinski definition) is 5. The maximum absolute atomic E-state index is 13.1. The van der Waals surface area contributed by atoms with Crippen LogP contribution in [0.25, 0.3) is 22.3 Å². The zero-order valence-corrected chi connectivity index (χ0v) is 22.0. The number of para-hydroxylation sites is 1. The SMILES string of the molecule is CCc1c(-c2ccccc2NS(=O)(=O)C(F)(F)F)oc2ccc(Cn3c(CC)nc(C4CC4)c3C(=O)O)cc12. The third-order valence-corrected chi connectivity index (χ3v) is 7.92. The van der Waals surface area contributed by atoms with Gasteiger partial charge in [0, 0.05) is 35.4 Å². The van der Waals surface area contributed by atoms with Crippen LogP contribution in [0.1, 0.15) is 65.7 Å². The molecular formula is C27H26F3N3O5S. The molecule has 0 saturated heterocycles. The molecule has 1 saturated carbocycles. The van der Waals surface area contributed by atoms with Crippen molar-refractivity contribution in [2.75, 3.05) is 4.72 Å². The smallest absolute Gasteiger partial charge is 0.477 e. The Morgan fingerprint density at radius 2 is 1.87 bits per heavy atom. The Kier molecular flexibility index (Phi) is 6.69. The Morgan fingerprint density at radius 3 is 2.49 bits per heavy atom. The van der Waals surface area contributed by atoms with E-state index >= 15 is 0 Å². The summed E-state index contributed by atoms with van der Waals surface area (Å²) in [6, 6.07) is 11.1. The Balaban J connectivity index is 1.57. The molecule has 1 aliphatic rings. The maximum Gasteiger partial charge on any atom is 0.516 e. The van der Waals surface area contributed by atoms with Crippen molar-refractivity contribution in [1.82, 2.24) is 9.55 Å². The van der Waals surface area contributed by atoms with E-state index in [-0.39, 0.29) is 35.2 Å². The van der Waals surface area contributed by atoms with Gasteiger partial charge in [-0.1, -0.05) is 32.0 Å². The quantitative estimate of drug-likeness (QED) is 0.248.